The van der Waals surface area contributed by atoms with Crippen LogP contribution in [0.1, 0.15) is 18.2 Å². The van der Waals surface area contributed by atoms with Gasteiger partial charge in [0.2, 0.25) is 0 Å². The fourth-order valence-electron chi connectivity index (χ4n) is 1.64. The van der Waals surface area contributed by atoms with Gasteiger partial charge < -0.3 is 5.32 Å². The van der Waals surface area contributed by atoms with Crippen molar-refractivity contribution in [3.8, 4) is 0 Å². The van der Waals surface area contributed by atoms with E-state index < -0.39 is 0 Å². The molecule has 15 heavy (non-hydrogen) atoms. The van der Waals surface area contributed by atoms with E-state index in [0.717, 1.165) is 28.9 Å². The van der Waals surface area contributed by atoms with E-state index in [2.05, 4.69) is 55.9 Å². The highest BCUT2D eigenvalue weighted by atomic mass is 79.9. The third kappa shape index (κ3) is 1.92. The summed E-state index contributed by atoms with van der Waals surface area (Å²) in [5.41, 5.74) is 3.36. The summed E-state index contributed by atoms with van der Waals surface area (Å²) >= 11 is 3.58. The summed E-state index contributed by atoms with van der Waals surface area (Å²) in [6.45, 7) is 2.99. The molecule has 3 nitrogen and oxygen atoms in total. The molecule has 0 saturated carbocycles. The first-order chi connectivity index (χ1) is 7.26. The van der Waals surface area contributed by atoms with E-state index in [1.54, 1.807) is 0 Å². The Morgan fingerprint density at radius 1 is 1.47 bits per heavy atom. The van der Waals surface area contributed by atoms with Crippen LogP contribution in [0.25, 0.3) is 5.65 Å². The van der Waals surface area contributed by atoms with Crippen molar-refractivity contribution in [2.24, 2.45) is 0 Å². The second kappa shape index (κ2) is 4.33. The van der Waals surface area contributed by atoms with Crippen molar-refractivity contribution < 1.29 is 0 Å². The Morgan fingerprint density at radius 3 is 2.93 bits per heavy atom. The smallest absolute Gasteiger partial charge is 0.137 e. The molecule has 4 heteroatoms. The number of nitrogens with zero attached hydrogens (tertiary/aromatic N) is 2. The van der Waals surface area contributed by atoms with Crippen LogP contribution in [0.15, 0.2) is 22.9 Å². The number of nitrogens with one attached hydrogen (secondary N) is 1. The van der Waals surface area contributed by atoms with E-state index in [1.165, 1.54) is 5.56 Å². The quantitative estimate of drug-likeness (QED) is 0.926. The zero-order chi connectivity index (χ0) is 10.8. The predicted molar refractivity (Wildman–Crippen MR) is 65.0 cm³/mol. The molecule has 2 aromatic rings. The number of fused-ring (bicyclic) bond motifs is 1. The number of imidazole rings is 1. The number of halogens is 1. The molecular formula is C11H14BrN3. The number of rotatable bonds is 3. The lowest BCUT2D eigenvalue weighted by atomic mass is 10.3. The number of hydrogen-bond donors (Lipinski definition) is 1. The zero-order valence-electron chi connectivity index (χ0n) is 8.92. The Labute approximate surface area is 97.6 Å². The van der Waals surface area contributed by atoms with Crippen molar-refractivity contribution in [1.82, 2.24) is 14.7 Å². The first kappa shape index (κ1) is 10.6. The molecule has 0 atom stereocenters. The van der Waals surface area contributed by atoms with Gasteiger partial charge in [-0.3, -0.25) is 4.40 Å². The summed E-state index contributed by atoms with van der Waals surface area (Å²) in [4.78, 5) is 4.53. The van der Waals surface area contributed by atoms with Gasteiger partial charge in [0.1, 0.15) is 10.3 Å². The molecule has 1 N–H and O–H groups in total. The largest absolute Gasteiger partial charge is 0.316 e. The number of aromatic nitrogens is 2. The molecule has 80 valence electrons. The normalized spacial score (nSPS) is 11.1. The van der Waals surface area contributed by atoms with Gasteiger partial charge in [-0.25, -0.2) is 4.98 Å². The third-order valence-corrected chi connectivity index (χ3v) is 3.24. The minimum Gasteiger partial charge on any atom is -0.316 e. The summed E-state index contributed by atoms with van der Waals surface area (Å²) in [5, 5.41) is 3.14. The van der Waals surface area contributed by atoms with Crippen molar-refractivity contribution in [1.29, 1.82) is 0 Å². The van der Waals surface area contributed by atoms with Gasteiger partial charge in [0.25, 0.3) is 0 Å². The van der Waals surface area contributed by atoms with Crippen molar-refractivity contribution in [3.63, 3.8) is 0 Å². The Bertz CT molecular complexity index is 476. The van der Waals surface area contributed by atoms with E-state index in [-0.39, 0.29) is 0 Å². The van der Waals surface area contributed by atoms with Gasteiger partial charge in [-0.05, 0) is 41.0 Å². The lowest BCUT2D eigenvalue weighted by Gasteiger charge is -2.01. The van der Waals surface area contributed by atoms with Crippen molar-refractivity contribution >= 4 is 21.6 Å². The molecular weight excluding hydrogens is 254 g/mol. The molecule has 2 heterocycles. The average molecular weight is 268 g/mol. The molecule has 0 aliphatic rings. The van der Waals surface area contributed by atoms with Gasteiger partial charge in [0.05, 0.1) is 5.69 Å². The van der Waals surface area contributed by atoms with E-state index in [1.807, 2.05) is 7.05 Å². The van der Waals surface area contributed by atoms with Gasteiger partial charge >= 0.3 is 0 Å². The van der Waals surface area contributed by atoms with Gasteiger partial charge in [-0.15, -0.1) is 0 Å². The summed E-state index contributed by atoms with van der Waals surface area (Å²) in [7, 11) is 1.95. The number of hydrogen-bond acceptors (Lipinski definition) is 2. The zero-order valence-corrected chi connectivity index (χ0v) is 10.5. The van der Waals surface area contributed by atoms with Crippen LogP contribution in [-0.2, 0) is 13.0 Å². The van der Waals surface area contributed by atoms with Crippen LogP contribution in [0.3, 0.4) is 0 Å². The molecule has 0 unspecified atom stereocenters. The minimum atomic E-state index is 0.877. The lowest BCUT2D eigenvalue weighted by Crippen LogP contribution is -2.05. The molecule has 0 bridgehead atoms. The van der Waals surface area contributed by atoms with Crippen molar-refractivity contribution in [2.75, 3.05) is 7.05 Å². The monoisotopic (exact) mass is 267 g/mol. The van der Waals surface area contributed by atoms with Gasteiger partial charge in [-0.2, -0.15) is 0 Å². The minimum absolute atomic E-state index is 0.877. The van der Waals surface area contributed by atoms with Crippen LogP contribution in [0.4, 0.5) is 0 Å². The maximum absolute atomic E-state index is 4.53. The maximum Gasteiger partial charge on any atom is 0.137 e. The summed E-state index contributed by atoms with van der Waals surface area (Å²) in [6.07, 6.45) is 3.06. The first-order valence-electron chi connectivity index (χ1n) is 5.06. The highest BCUT2D eigenvalue weighted by Crippen LogP contribution is 2.20. The Hall–Kier alpha value is -0.870. The van der Waals surface area contributed by atoms with Crippen LogP contribution < -0.4 is 5.32 Å². The average Bonchev–Trinajstić information content (AvgIpc) is 2.56. The van der Waals surface area contributed by atoms with Crippen molar-refractivity contribution in [2.45, 2.75) is 19.9 Å². The van der Waals surface area contributed by atoms with Crippen molar-refractivity contribution in [3.05, 3.63) is 34.2 Å². The molecule has 2 aromatic heterocycles. The molecule has 0 aliphatic heterocycles. The van der Waals surface area contributed by atoms with E-state index >= 15 is 0 Å². The molecule has 0 fully saturated rings. The van der Waals surface area contributed by atoms with Crippen LogP contribution >= 0.6 is 15.9 Å². The molecule has 0 radical (unpaired) electrons. The molecule has 0 spiro atoms. The summed E-state index contributed by atoms with van der Waals surface area (Å²) in [6, 6.07) is 4.15. The van der Waals surface area contributed by atoms with Crippen LogP contribution in [0.5, 0.6) is 0 Å². The lowest BCUT2D eigenvalue weighted by molar-refractivity contribution is 0.810. The van der Waals surface area contributed by atoms with E-state index in [9.17, 15) is 0 Å². The number of aryl methyl sites for hydroxylation is 1. The first-order valence-corrected chi connectivity index (χ1v) is 5.85. The van der Waals surface area contributed by atoms with Crippen LogP contribution in [0, 0.1) is 0 Å². The molecule has 0 aromatic carbocycles. The van der Waals surface area contributed by atoms with E-state index in [4.69, 9.17) is 0 Å². The fourth-order valence-corrected chi connectivity index (χ4v) is 2.30. The highest BCUT2D eigenvalue weighted by Gasteiger charge is 2.07. The topological polar surface area (TPSA) is 29.3 Å². The highest BCUT2D eigenvalue weighted by molar-refractivity contribution is 9.10. The fraction of sp³-hybridized carbons (Fsp3) is 0.364. The Balaban J connectivity index is 2.54. The van der Waals surface area contributed by atoms with Gasteiger partial charge in [-0.1, -0.05) is 13.0 Å². The van der Waals surface area contributed by atoms with Gasteiger partial charge in [0, 0.05) is 12.7 Å². The Morgan fingerprint density at radius 2 is 2.27 bits per heavy atom. The van der Waals surface area contributed by atoms with Crippen LogP contribution in [0.2, 0.25) is 0 Å². The summed E-state index contributed by atoms with van der Waals surface area (Å²) < 4.78 is 3.16. The van der Waals surface area contributed by atoms with Gasteiger partial charge in [0.15, 0.2) is 0 Å². The Kier molecular flexibility index (Phi) is 3.07. The predicted octanol–water partition coefficient (Wildman–Crippen LogP) is 2.38. The second-order valence-electron chi connectivity index (χ2n) is 3.50. The number of pyridine rings is 1. The molecule has 0 saturated heterocycles. The molecule has 0 aliphatic carbocycles. The maximum atomic E-state index is 4.53. The molecule has 2 rings (SSSR count). The standard InChI is InChI=1S/C11H14BrN3/c1-3-9-11(12)15-7-8(6-13-2)4-5-10(15)14-9/h4-5,7,13H,3,6H2,1-2H3. The molecule has 0 amide bonds. The third-order valence-electron chi connectivity index (χ3n) is 2.40. The summed E-state index contributed by atoms with van der Waals surface area (Å²) in [5.74, 6) is 0. The SMILES string of the molecule is CCc1nc2ccc(CNC)cn2c1Br. The van der Waals surface area contributed by atoms with E-state index in [0.29, 0.717) is 0 Å². The second-order valence-corrected chi connectivity index (χ2v) is 4.25. The van der Waals surface area contributed by atoms with Crippen LogP contribution in [-0.4, -0.2) is 16.4 Å².